The van der Waals surface area contributed by atoms with Gasteiger partial charge in [0.2, 0.25) is 0 Å². The highest BCUT2D eigenvalue weighted by Gasteiger charge is 2.14. The van der Waals surface area contributed by atoms with Crippen LogP contribution in [0.5, 0.6) is 0 Å². The van der Waals surface area contributed by atoms with Gasteiger partial charge in [0.05, 0.1) is 0 Å². The number of hydrogen-bond acceptors (Lipinski definition) is 2. The minimum absolute atomic E-state index is 1.11. The lowest BCUT2D eigenvalue weighted by Crippen LogP contribution is -2.12. The molecule has 0 aromatic heterocycles. The molecule has 0 heterocycles. The highest BCUT2D eigenvalue weighted by atomic mass is 15.1. The van der Waals surface area contributed by atoms with Gasteiger partial charge in [-0.05, 0) is 82.9 Å². The molecule has 2 nitrogen and oxygen atoms in total. The van der Waals surface area contributed by atoms with Gasteiger partial charge in [-0.1, -0.05) is 142 Å². The molecule has 0 fully saturated rings. The van der Waals surface area contributed by atoms with Gasteiger partial charge in [-0.2, -0.15) is 0 Å². The Hall–Kier alpha value is -5.60. The molecule has 0 amide bonds. The minimum Gasteiger partial charge on any atom is -0.345 e. The van der Waals surface area contributed by atoms with Crippen molar-refractivity contribution < 1.29 is 0 Å². The third-order valence-electron chi connectivity index (χ3n) is 7.27. The number of para-hydroxylation sites is 1. The van der Waals surface area contributed by atoms with Crippen LogP contribution in [-0.4, -0.2) is 7.05 Å². The summed E-state index contributed by atoms with van der Waals surface area (Å²) in [5.74, 6) is 0. The lowest BCUT2D eigenvalue weighted by atomic mass is 10.0. The molecule has 0 saturated heterocycles. The Bertz CT molecular complexity index is 1620. The Labute approximate surface area is 269 Å². The zero-order valence-electron chi connectivity index (χ0n) is 26.6. The van der Waals surface area contributed by atoms with E-state index in [4.69, 9.17) is 0 Å². The van der Waals surface area contributed by atoms with Crippen LogP contribution >= 0.6 is 0 Å². The van der Waals surface area contributed by atoms with Gasteiger partial charge in [-0.15, -0.1) is 0 Å². The van der Waals surface area contributed by atoms with Gasteiger partial charge >= 0.3 is 0 Å². The molecule has 0 spiro atoms. The Kier molecular flexibility index (Phi) is 12.1. The van der Waals surface area contributed by atoms with Crippen LogP contribution < -0.4 is 9.80 Å². The van der Waals surface area contributed by atoms with Crippen molar-refractivity contribution in [3.8, 4) is 22.3 Å². The summed E-state index contributed by atoms with van der Waals surface area (Å²) in [4.78, 5) is 4.52. The standard InChI is InChI=1S/C37H30N2.C4H6.C2H6/c1-38(33-15-9-4-10-16-33)34-25-27-37(28-26-34)39(35-21-17-31(18-22-35)29-11-5-2-6-12-29)36-23-19-32(20-24-36)30-13-7-3-8-14-30;1-3-4-2;1-2/h2-28H,1H3;3-4H,1-2H2;1-2H3. The number of rotatable bonds is 8. The first-order valence-corrected chi connectivity index (χ1v) is 15.4. The van der Waals surface area contributed by atoms with Gasteiger partial charge in [0.25, 0.3) is 0 Å². The fourth-order valence-electron chi connectivity index (χ4n) is 4.94. The largest absolute Gasteiger partial charge is 0.345 e. The lowest BCUT2D eigenvalue weighted by Gasteiger charge is -2.27. The molecular weight excluding hydrogens is 544 g/mol. The quantitative estimate of drug-likeness (QED) is 0.164. The van der Waals surface area contributed by atoms with Gasteiger partial charge < -0.3 is 9.80 Å². The lowest BCUT2D eigenvalue weighted by molar-refractivity contribution is 1.20. The first kappa shape index (κ1) is 32.3. The second-order valence-corrected chi connectivity index (χ2v) is 10.0. The van der Waals surface area contributed by atoms with Crippen LogP contribution in [-0.2, 0) is 0 Å². The van der Waals surface area contributed by atoms with E-state index in [-0.39, 0.29) is 0 Å². The molecule has 0 N–H and O–H groups in total. The highest BCUT2D eigenvalue weighted by Crippen LogP contribution is 2.38. The second kappa shape index (κ2) is 16.9. The van der Waals surface area contributed by atoms with Gasteiger partial charge in [0.15, 0.2) is 0 Å². The maximum absolute atomic E-state index is 3.36. The van der Waals surface area contributed by atoms with Crippen LogP contribution in [0.15, 0.2) is 189 Å². The molecule has 0 bridgehead atoms. The third kappa shape index (κ3) is 8.49. The normalized spacial score (nSPS) is 9.84. The number of benzene rings is 6. The van der Waals surface area contributed by atoms with Crippen molar-refractivity contribution in [1.29, 1.82) is 0 Å². The predicted molar refractivity (Wildman–Crippen MR) is 198 cm³/mol. The summed E-state index contributed by atoms with van der Waals surface area (Å²) in [5, 5.41) is 0. The smallest absolute Gasteiger partial charge is 0.0463 e. The molecular formula is C43H42N2. The summed E-state index contributed by atoms with van der Waals surface area (Å²) in [7, 11) is 2.10. The summed E-state index contributed by atoms with van der Waals surface area (Å²) < 4.78 is 0. The summed E-state index contributed by atoms with van der Waals surface area (Å²) in [6.45, 7) is 10.7. The van der Waals surface area contributed by atoms with E-state index in [0.29, 0.717) is 0 Å². The number of hydrogen-bond donors (Lipinski definition) is 0. The first-order chi connectivity index (χ1) is 22.2. The second-order valence-electron chi connectivity index (χ2n) is 10.0. The predicted octanol–water partition coefficient (Wildman–Crippen LogP) is 12.6. The van der Waals surface area contributed by atoms with Crippen molar-refractivity contribution in [1.82, 2.24) is 0 Å². The SMILES string of the molecule is C=CC=C.CC.CN(c1ccccc1)c1ccc(N(c2ccc(-c3ccccc3)cc2)c2ccc(-c3ccccc3)cc2)cc1. The zero-order chi connectivity index (χ0) is 31.9. The van der Waals surface area contributed by atoms with Gasteiger partial charge in [-0.25, -0.2) is 0 Å². The van der Waals surface area contributed by atoms with Crippen molar-refractivity contribution >= 4 is 28.4 Å². The number of nitrogens with zero attached hydrogens (tertiary/aromatic N) is 2. The van der Waals surface area contributed by atoms with E-state index in [2.05, 4.69) is 188 Å². The van der Waals surface area contributed by atoms with Crippen molar-refractivity contribution in [2.75, 3.05) is 16.8 Å². The Morgan fingerprint density at radius 2 is 0.622 bits per heavy atom. The van der Waals surface area contributed by atoms with Crippen molar-refractivity contribution in [3.05, 3.63) is 189 Å². The monoisotopic (exact) mass is 586 g/mol. The Balaban J connectivity index is 0.000000713. The van der Waals surface area contributed by atoms with Gasteiger partial charge in [0, 0.05) is 35.5 Å². The average molecular weight is 587 g/mol. The molecule has 0 aliphatic heterocycles. The third-order valence-corrected chi connectivity index (χ3v) is 7.27. The van der Waals surface area contributed by atoms with Crippen LogP contribution in [0.2, 0.25) is 0 Å². The van der Waals surface area contributed by atoms with E-state index < -0.39 is 0 Å². The first-order valence-electron chi connectivity index (χ1n) is 15.4. The molecule has 2 heteroatoms. The van der Waals surface area contributed by atoms with Crippen molar-refractivity contribution in [2.45, 2.75) is 13.8 Å². The maximum Gasteiger partial charge on any atom is 0.0463 e. The molecule has 0 aliphatic rings. The minimum atomic E-state index is 1.11. The number of anilines is 5. The molecule has 0 radical (unpaired) electrons. The van der Waals surface area contributed by atoms with Crippen LogP contribution in [0.3, 0.4) is 0 Å². The Morgan fingerprint density at radius 1 is 0.356 bits per heavy atom. The summed E-state index contributed by atoms with van der Waals surface area (Å²) in [6.07, 6.45) is 3.28. The van der Waals surface area contributed by atoms with Gasteiger partial charge in [0.1, 0.15) is 0 Å². The molecule has 0 aliphatic carbocycles. The van der Waals surface area contributed by atoms with Crippen LogP contribution in [0.25, 0.3) is 22.3 Å². The van der Waals surface area contributed by atoms with Crippen molar-refractivity contribution in [2.24, 2.45) is 0 Å². The molecule has 6 rings (SSSR count). The summed E-state index contributed by atoms with van der Waals surface area (Å²) in [5.41, 5.74) is 10.5. The summed E-state index contributed by atoms with van der Waals surface area (Å²) in [6, 6.07) is 57.9. The molecule has 6 aromatic rings. The van der Waals surface area contributed by atoms with Crippen LogP contribution in [0.4, 0.5) is 28.4 Å². The van der Waals surface area contributed by atoms with E-state index in [1.165, 1.54) is 22.3 Å². The van der Waals surface area contributed by atoms with Gasteiger partial charge in [-0.3, -0.25) is 0 Å². The fourth-order valence-corrected chi connectivity index (χ4v) is 4.94. The fraction of sp³-hybridized carbons (Fsp3) is 0.0698. The Morgan fingerprint density at radius 3 is 0.978 bits per heavy atom. The maximum atomic E-state index is 3.36. The molecule has 224 valence electrons. The van der Waals surface area contributed by atoms with E-state index in [1.54, 1.807) is 12.2 Å². The zero-order valence-corrected chi connectivity index (χ0v) is 26.6. The van der Waals surface area contributed by atoms with E-state index in [1.807, 2.05) is 19.9 Å². The van der Waals surface area contributed by atoms with Crippen LogP contribution in [0, 0.1) is 0 Å². The summed E-state index contributed by atoms with van der Waals surface area (Å²) >= 11 is 0. The molecule has 6 aromatic carbocycles. The molecule has 45 heavy (non-hydrogen) atoms. The number of allylic oxidation sites excluding steroid dienone is 2. The topological polar surface area (TPSA) is 6.48 Å². The van der Waals surface area contributed by atoms with E-state index in [9.17, 15) is 0 Å². The average Bonchev–Trinajstić information content (AvgIpc) is 3.14. The van der Waals surface area contributed by atoms with Crippen LogP contribution in [0.1, 0.15) is 13.8 Å². The molecule has 0 atom stereocenters. The van der Waals surface area contributed by atoms with Crippen molar-refractivity contribution in [3.63, 3.8) is 0 Å². The molecule has 0 unspecified atom stereocenters. The van der Waals surface area contributed by atoms with E-state index >= 15 is 0 Å². The molecule has 0 saturated carbocycles. The highest BCUT2D eigenvalue weighted by molar-refractivity contribution is 5.80. The van der Waals surface area contributed by atoms with E-state index in [0.717, 1.165) is 28.4 Å².